The Hall–Kier alpha value is -7.05. The second-order valence-electron chi connectivity index (χ2n) is 13.4. The Morgan fingerprint density at radius 3 is 1.85 bits per heavy atom. The van der Waals surface area contributed by atoms with E-state index in [0.717, 1.165) is 51.4 Å². The van der Waals surface area contributed by atoms with E-state index >= 15 is 0 Å². The number of rotatable bonds is 7. The lowest BCUT2D eigenvalue weighted by Gasteiger charge is -2.27. The van der Waals surface area contributed by atoms with Crippen LogP contribution in [0.2, 0.25) is 0 Å². The Bertz CT molecular complexity index is 2680. The first kappa shape index (κ1) is 30.7. The smallest absolute Gasteiger partial charge is 0.137 e. The molecule has 0 spiro atoms. The van der Waals surface area contributed by atoms with Gasteiger partial charge in [-0.3, -0.25) is 14.5 Å². The highest BCUT2D eigenvalue weighted by molar-refractivity contribution is 6.09. The average Bonchev–Trinajstić information content (AvgIpc) is 3.78. The summed E-state index contributed by atoms with van der Waals surface area (Å²) >= 11 is 0. The molecule has 0 amide bonds. The van der Waals surface area contributed by atoms with Gasteiger partial charge in [0.1, 0.15) is 12.5 Å². The number of pyridine rings is 3. The Morgan fingerprint density at radius 1 is 0.472 bits per heavy atom. The quantitative estimate of drug-likeness (QED) is 0.167. The second kappa shape index (κ2) is 12.9. The van der Waals surface area contributed by atoms with Crippen molar-refractivity contribution in [2.24, 2.45) is 0 Å². The van der Waals surface area contributed by atoms with E-state index in [9.17, 15) is 0 Å². The van der Waals surface area contributed by atoms with E-state index < -0.39 is 0 Å². The Balaban J connectivity index is 1.04. The van der Waals surface area contributed by atoms with Gasteiger partial charge in [0.2, 0.25) is 0 Å². The molecule has 0 radical (unpaired) electrons. The summed E-state index contributed by atoms with van der Waals surface area (Å²) in [5.41, 5.74) is 14.1. The van der Waals surface area contributed by atoms with Crippen LogP contribution >= 0.6 is 0 Å². The van der Waals surface area contributed by atoms with E-state index in [4.69, 9.17) is 4.98 Å². The molecule has 0 atom stereocenters. The van der Waals surface area contributed by atoms with Crippen LogP contribution in [0.4, 0.5) is 22.7 Å². The zero-order valence-corrected chi connectivity index (χ0v) is 28.9. The van der Waals surface area contributed by atoms with Crippen molar-refractivity contribution in [2.75, 3.05) is 16.5 Å². The molecule has 6 nitrogen and oxygen atoms in total. The molecule has 0 aliphatic carbocycles. The molecule has 0 N–H and O–H groups in total. The third kappa shape index (κ3) is 5.40. The van der Waals surface area contributed by atoms with Crippen molar-refractivity contribution in [3.05, 3.63) is 194 Å². The summed E-state index contributed by atoms with van der Waals surface area (Å²) in [5, 5.41) is 2.47. The zero-order chi connectivity index (χ0) is 35.1. The Labute approximate surface area is 307 Å². The van der Waals surface area contributed by atoms with Crippen molar-refractivity contribution in [3.63, 3.8) is 0 Å². The molecule has 252 valence electrons. The predicted octanol–water partition coefficient (Wildman–Crippen LogP) is 11.1. The fourth-order valence-electron chi connectivity index (χ4n) is 7.92. The summed E-state index contributed by atoms with van der Waals surface area (Å²) in [6.07, 6.45) is 10.1. The highest BCUT2D eigenvalue weighted by atomic mass is 15.4. The molecule has 10 rings (SSSR count). The molecule has 5 aromatic carbocycles. The predicted molar refractivity (Wildman–Crippen MR) is 216 cm³/mol. The number of para-hydroxylation sites is 4. The average molecular weight is 683 g/mol. The summed E-state index contributed by atoms with van der Waals surface area (Å²) in [6.45, 7) is 0.666. The van der Waals surface area contributed by atoms with Crippen LogP contribution in [0.3, 0.4) is 0 Å². The third-order valence-corrected chi connectivity index (χ3v) is 10.3. The molecule has 6 heteroatoms. The van der Waals surface area contributed by atoms with E-state index in [2.05, 4.69) is 164 Å². The van der Waals surface area contributed by atoms with Crippen LogP contribution in [-0.2, 0) is 6.42 Å². The van der Waals surface area contributed by atoms with Gasteiger partial charge in [-0.05, 0) is 101 Å². The molecule has 5 heterocycles. The summed E-state index contributed by atoms with van der Waals surface area (Å²) in [5.74, 6) is 0.924. The molecule has 4 aromatic heterocycles. The van der Waals surface area contributed by atoms with Crippen molar-refractivity contribution in [1.29, 1.82) is 0 Å². The molecule has 1 aliphatic rings. The lowest BCUT2D eigenvalue weighted by molar-refractivity contribution is 0.990. The number of aromatic nitrogens is 4. The van der Waals surface area contributed by atoms with Crippen molar-refractivity contribution >= 4 is 44.6 Å². The third-order valence-electron chi connectivity index (χ3n) is 10.3. The summed E-state index contributed by atoms with van der Waals surface area (Å²) in [7, 11) is 0. The number of anilines is 4. The van der Waals surface area contributed by atoms with Gasteiger partial charge in [-0.2, -0.15) is 0 Å². The van der Waals surface area contributed by atoms with Gasteiger partial charge in [0.25, 0.3) is 0 Å². The number of hydrogen-bond acceptors (Lipinski definition) is 5. The topological polar surface area (TPSA) is 50.1 Å². The van der Waals surface area contributed by atoms with Crippen LogP contribution in [0.1, 0.15) is 11.1 Å². The van der Waals surface area contributed by atoms with Crippen LogP contribution in [0.5, 0.6) is 0 Å². The van der Waals surface area contributed by atoms with Crippen molar-refractivity contribution in [2.45, 2.75) is 6.42 Å². The number of benzene rings is 5. The molecule has 0 saturated heterocycles. The highest BCUT2D eigenvalue weighted by Crippen LogP contribution is 2.50. The van der Waals surface area contributed by atoms with E-state index in [-0.39, 0.29) is 0 Å². The monoisotopic (exact) mass is 682 g/mol. The zero-order valence-electron chi connectivity index (χ0n) is 28.9. The van der Waals surface area contributed by atoms with Gasteiger partial charge in [0.05, 0.1) is 28.1 Å². The largest absolute Gasteiger partial charge is 0.321 e. The SMILES string of the molecule is c1ccc(-n2c3ccccc3c3ccc(Cc4cccc(N5CN(c6c(-c7ccncc7)cccc6-c6ccncc6)c6ccccc65)c4)cc32)nc1. The van der Waals surface area contributed by atoms with E-state index in [0.29, 0.717) is 6.67 Å². The maximum absolute atomic E-state index is 4.73. The first-order chi connectivity index (χ1) is 26.3. The lowest BCUT2D eigenvalue weighted by Crippen LogP contribution is -2.25. The van der Waals surface area contributed by atoms with Gasteiger partial charge in [-0.25, -0.2) is 4.98 Å². The maximum Gasteiger partial charge on any atom is 0.137 e. The number of hydrogen-bond donors (Lipinski definition) is 0. The molecule has 53 heavy (non-hydrogen) atoms. The Morgan fingerprint density at radius 2 is 1.11 bits per heavy atom. The minimum absolute atomic E-state index is 0.666. The van der Waals surface area contributed by atoms with Gasteiger partial charge >= 0.3 is 0 Å². The second-order valence-corrected chi connectivity index (χ2v) is 13.4. The first-order valence-electron chi connectivity index (χ1n) is 17.9. The van der Waals surface area contributed by atoms with Gasteiger partial charge in [0.15, 0.2) is 0 Å². The summed E-state index contributed by atoms with van der Waals surface area (Å²) < 4.78 is 2.28. The molecular weight excluding hydrogens is 649 g/mol. The fraction of sp³-hybridized carbons (Fsp3) is 0.0426. The van der Waals surface area contributed by atoms with Gasteiger partial charge in [-0.15, -0.1) is 0 Å². The van der Waals surface area contributed by atoms with Gasteiger partial charge in [-0.1, -0.05) is 78.9 Å². The van der Waals surface area contributed by atoms with Crippen LogP contribution in [-0.4, -0.2) is 26.2 Å². The molecule has 0 unspecified atom stereocenters. The van der Waals surface area contributed by atoms with Crippen LogP contribution in [0.15, 0.2) is 183 Å². The number of fused-ring (bicyclic) bond motifs is 4. The summed E-state index contributed by atoms with van der Waals surface area (Å²) in [6, 6.07) is 54.2. The maximum atomic E-state index is 4.73. The van der Waals surface area contributed by atoms with Crippen molar-refractivity contribution in [1.82, 2.24) is 19.5 Å². The normalized spacial score (nSPS) is 12.5. The molecule has 9 aromatic rings. The standard InChI is InChI=1S/C47H34N6/c1-2-14-42-40(11-1)41-19-18-34(31-45(41)53(42)46-17-5-6-24-50-46)29-33-9-7-10-37(30-33)51-32-52(44-16-4-3-15-43(44)51)47-38(35-20-25-48-26-21-35)12-8-13-39(47)36-22-27-49-28-23-36/h1-28,30-31H,29,32H2. The van der Waals surface area contributed by atoms with Gasteiger partial charge in [0, 0.05) is 58.6 Å². The van der Waals surface area contributed by atoms with E-state index in [1.807, 2.05) is 43.1 Å². The highest BCUT2D eigenvalue weighted by Gasteiger charge is 2.31. The molecular formula is C47H34N6. The first-order valence-corrected chi connectivity index (χ1v) is 17.9. The minimum Gasteiger partial charge on any atom is -0.321 e. The van der Waals surface area contributed by atoms with Crippen LogP contribution in [0, 0.1) is 0 Å². The number of nitrogens with zero attached hydrogens (tertiary/aromatic N) is 6. The molecule has 0 bridgehead atoms. The fourth-order valence-corrected chi connectivity index (χ4v) is 7.92. The molecule has 0 saturated carbocycles. The van der Waals surface area contributed by atoms with Gasteiger partial charge < -0.3 is 9.80 Å². The van der Waals surface area contributed by atoms with Crippen LogP contribution < -0.4 is 9.80 Å². The summed E-state index contributed by atoms with van der Waals surface area (Å²) in [4.78, 5) is 18.2. The molecule has 1 aliphatic heterocycles. The van der Waals surface area contributed by atoms with Crippen molar-refractivity contribution in [3.8, 4) is 28.1 Å². The lowest BCUT2D eigenvalue weighted by atomic mass is 9.96. The minimum atomic E-state index is 0.666. The molecule has 0 fully saturated rings. The van der Waals surface area contributed by atoms with Crippen molar-refractivity contribution < 1.29 is 0 Å². The van der Waals surface area contributed by atoms with E-state index in [1.54, 1.807) is 0 Å². The Kier molecular flexibility index (Phi) is 7.50. The van der Waals surface area contributed by atoms with Crippen LogP contribution in [0.25, 0.3) is 49.9 Å². The van der Waals surface area contributed by atoms with E-state index in [1.165, 1.54) is 38.8 Å².